The smallest absolute Gasteiger partial charge is 0.337 e. The maximum absolute atomic E-state index is 12.3. The van der Waals surface area contributed by atoms with Crippen molar-refractivity contribution in [3.63, 3.8) is 0 Å². The SMILES string of the molecule is COC(=O)c1ccc(Cl)c(NC(=O)CSc2nnc(-c3ccco3)n2C)c1. The summed E-state index contributed by atoms with van der Waals surface area (Å²) in [6.45, 7) is 0. The Hall–Kier alpha value is -2.78. The van der Waals surface area contributed by atoms with E-state index < -0.39 is 5.97 Å². The normalized spacial score (nSPS) is 10.6. The van der Waals surface area contributed by atoms with E-state index in [2.05, 4.69) is 20.3 Å². The number of carbonyl (C=O) groups excluding carboxylic acids is 2. The summed E-state index contributed by atoms with van der Waals surface area (Å²) in [7, 11) is 3.07. The molecule has 8 nitrogen and oxygen atoms in total. The molecule has 0 atom stereocenters. The highest BCUT2D eigenvalue weighted by Crippen LogP contribution is 2.25. The molecule has 140 valence electrons. The Morgan fingerprint density at radius 1 is 1.33 bits per heavy atom. The summed E-state index contributed by atoms with van der Waals surface area (Å²) >= 11 is 7.29. The van der Waals surface area contributed by atoms with E-state index in [1.165, 1.54) is 37.1 Å². The van der Waals surface area contributed by atoms with Gasteiger partial charge in [-0.15, -0.1) is 10.2 Å². The van der Waals surface area contributed by atoms with Gasteiger partial charge in [-0.1, -0.05) is 23.4 Å². The molecule has 27 heavy (non-hydrogen) atoms. The van der Waals surface area contributed by atoms with Gasteiger partial charge >= 0.3 is 5.97 Å². The van der Waals surface area contributed by atoms with Crippen molar-refractivity contribution in [2.75, 3.05) is 18.2 Å². The van der Waals surface area contributed by atoms with Crippen LogP contribution in [0, 0.1) is 0 Å². The predicted octanol–water partition coefficient (Wildman–Crippen LogP) is 3.25. The first-order chi connectivity index (χ1) is 13.0. The number of anilines is 1. The molecule has 2 aromatic heterocycles. The van der Waals surface area contributed by atoms with Crippen LogP contribution in [0.25, 0.3) is 11.6 Å². The van der Waals surface area contributed by atoms with Crippen molar-refractivity contribution in [3.8, 4) is 11.6 Å². The number of nitrogens with zero attached hydrogens (tertiary/aromatic N) is 3. The number of halogens is 1. The Balaban J connectivity index is 1.65. The third-order valence-corrected chi connectivity index (χ3v) is 4.92. The van der Waals surface area contributed by atoms with E-state index in [1.807, 2.05) is 0 Å². The molecule has 0 aliphatic carbocycles. The van der Waals surface area contributed by atoms with Crippen molar-refractivity contribution in [2.45, 2.75) is 5.16 Å². The fourth-order valence-corrected chi connectivity index (χ4v) is 3.12. The van der Waals surface area contributed by atoms with E-state index in [9.17, 15) is 9.59 Å². The Labute approximate surface area is 163 Å². The fraction of sp³-hybridized carbons (Fsp3) is 0.176. The van der Waals surface area contributed by atoms with Crippen molar-refractivity contribution >= 4 is 40.9 Å². The van der Waals surface area contributed by atoms with Crippen LogP contribution in [0.1, 0.15) is 10.4 Å². The van der Waals surface area contributed by atoms with E-state index in [-0.39, 0.29) is 11.7 Å². The summed E-state index contributed by atoms with van der Waals surface area (Å²) in [5.41, 5.74) is 0.626. The molecule has 3 aromatic rings. The van der Waals surface area contributed by atoms with Crippen molar-refractivity contribution in [1.29, 1.82) is 0 Å². The van der Waals surface area contributed by atoms with E-state index >= 15 is 0 Å². The van der Waals surface area contributed by atoms with Crippen LogP contribution in [0.2, 0.25) is 5.02 Å². The number of thioether (sulfide) groups is 1. The summed E-state index contributed by atoms with van der Waals surface area (Å²) < 4.78 is 11.7. The fourth-order valence-electron chi connectivity index (χ4n) is 2.24. The van der Waals surface area contributed by atoms with Crippen LogP contribution in [-0.4, -0.2) is 39.5 Å². The second-order valence-electron chi connectivity index (χ2n) is 5.37. The van der Waals surface area contributed by atoms with E-state index in [1.54, 1.807) is 30.0 Å². The van der Waals surface area contributed by atoms with Gasteiger partial charge in [0.1, 0.15) is 0 Å². The molecule has 3 rings (SSSR count). The molecule has 0 saturated carbocycles. The first kappa shape index (κ1) is 19.0. The lowest BCUT2D eigenvalue weighted by atomic mass is 10.2. The number of methoxy groups -OCH3 is 1. The zero-order chi connectivity index (χ0) is 19.4. The van der Waals surface area contributed by atoms with Gasteiger partial charge in [0, 0.05) is 7.05 Å². The largest absolute Gasteiger partial charge is 0.465 e. The molecule has 0 saturated heterocycles. The quantitative estimate of drug-likeness (QED) is 0.495. The molecule has 0 bridgehead atoms. The number of esters is 1. The summed E-state index contributed by atoms with van der Waals surface area (Å²) in [6, 6.07) is 8.05. The van der Waals surface area contributed by atoms with Gasteiger partial charge in [-0.25, -0.2) is 4.79 Å². The average molecular weight is 407 g/mol. The van der Waals surface area contributed by atoms with Crippen LogP contribution in [0.3, 0.4) is 0 Å². The Kier molecular flexibility index (Phi) is 5.82. The maximum Gasteiger partial charge on any atom is 0.337 e. The molecule has 10 heteroatoms. The van der Waals surface area contributed by atoms with Crippen molar-refractivity contribution in [1.82, 2.24) is 14.8 Å². The van der Waals surface area contributed by atoms with Crippen LogP contribution >= 0.6 is 23.4 Å². The van der Waals surface area contributed by atoms with Crippen molar-refractivity contribution in [2.24, 2.45) is 7.05 Å². The number of benzene rings is 1. The lowest BCUT2D eigenvalue weighted by Gasteiger charge is -2.09. The lowest BCUT2D eigenvalue weighted by Crippen LogP contribution is -2.15. The molecule has 0 fully saturated rings. The highest BCUT2D eigenvalue weighted by Gasteiger charge is 2.16. The van der Waals surface area contributed by atoms with Gasteiger partial charge in [-0.05, 0) is 30.3 Å². The first-order valence-corrected chi connectivity index (χ1v) is 9.09. The minimum Gasteiger partial charge on any atom is -0.465 e. The average Bonchev–Trinajstić information content (AvgIpc) is 3.31. The van der Waals surface area contributed by atoms with Gasteiger partial charge in [0.05, 0.1) is 35.4 Å². The minimum atomic E-state index is -0.513. The number of nitrogens with one attached hydrogen (secondary N) is 1. The van der Waals surface area contributed by atoms with E-state index in [4.69, 9.17) is 16.0 Å². The summed E-state index contributed by atoms with van der Waals surface area (Å²) in [6.07, 6.45) is 1.55. The molecule has 0 radical (unpaired) electrons. The Bertz CT molecular complexity index is 971. The highest BCUT2D eigenvalue weighted by molar-refractivity contribution is 7.99. The second kappa shape index (κ2) is 8.28. The van der Waals surface area contributed by atoms with Crippen molar-refractivity contribution < 1.29 is 18.7 Å². The molecular weight excluding hydrogens is 392 g/mol. The molecule has 2 heterocycles. The summed E-state index contributed by atoms with van der Waals surface area (Å²) in [4.78, 5) is 23.9. The number of carbonyl (C=O) groups is 2. The minimum absolute atomic E-state index is 0.0862. The van der Waals surface area contributed by atoms with Gasteiger partial charge in [-0.2, -0.15) is 0 Å². The standard InChI is InChI=1S/C17H15ClN4O4S/c1-22-15(13-4-3-7-26-13)20-21-17(22)27-9-14(23)19-12-8-10(16(24)25-2)5-6-11(12)18/h3-8H,9H2,1-2H3,(H,19,23). The zero-order valence-electron chi connectivity index (χ0n) is 14.4. The maximum atomic E-state index is 12.3. The number of hydrogen-bond acceptors (Lipinski definition) is 7. The number of rotatable bonds is 6. The number of furan rings is 1. The third kappa shape index (κ3) is 4.32. The van der Waals surface area contributed by atoms with E-state index in [0.717, 1.165) is 0 Å². The molecule has 0 unspecified atom stereocenters. The lowest BCUT2D eigenvalue weighted by molar-refractivity contribution is -0.113. The number of aromatic nitrogens is 3. The number of ether oxygens (including phenoxy) is 1. The molecular formula is C17H15ClN4O4S. The van der Waals surface area contributed by atoms with Crippen LogP contribution in [0.5, 0.6) is 0 Å². The molecule has 1 N–H and O–H groups in total. The van der Waals surface area contributed by atoms with Gasteiger partial charge < -0.3 is 19.0 Å². The van der Waals surface area contributed by atoms with Crippen LogP contribution in [0.15, 0.2) is 46.2 Å². The van der Waals surface area contributed by atoms with Gasteiger partial charge in [0.25, 0.3) is 0 Å². The molecule has 1 amide bonds. The monoisotopic (exact) mass is 406 g/mol. The highest BCUT2D eigenvalue weighted by atomic mass is 35.5. The van der Waals surface area contributed by atoms with E-state index in [0.29, 0.717) is 33.0 Å². The van der Waals surface area contributed by atoms with Gasteiger partial charge in [0.15, 0.2) is 16.7 Å². The number of amides is 1. The molecule has 0 aliphatic heterocycles. The topological polar surface area (TPSA) is 99.2 Å². The van der Waals surface area contributed by atoms with Gasteiger partial charge in [-0.3, -0.25) is 4.79 Å². The molecule has 0 spiro atoms. The third-order valence-electron chi connectivity index (χ3n) is 3.57. The molecule has 1 aromatic carbocycles. The predicted molar refractivity (Wildman–Crippen MR) is 101 cm³/mol. The van der Waals surface area contributed by atoms with Gasteiger partial charge in [0.2, 0.25) is 5.91 Å². The summed E-state index contributed by atoms with van der Waals surface area (Å²) in [5.74, 6) is 0.431. The number of hydrogen-bond donors (Lipinski definition) is 1. The Morgan fingerprint density at radius 2 is 2.15 bits per heavy atom. The zero-order valence-corrected chi connectivity index (χ0v) is 16.0. The first-order valence-electron chi connectivity index (χ1n) is 7.73. The Morgan fingerprint density at radius 3 is 2.85 bits per heavy atom. The van der Waals surface area contributed by atoms with Crippen LogP contribution < -0.4 is 5.32 Å². The van der Waals surface area contributed by atoms with Crippen LogP contribution in [0.4, 0.5) is 5.69 Å². The van der Waals surface area contributed by atoms with Crippen LogP contribution in [-0.2, 0) is 16.6 Å². The summed E-state index contributed by atoms with van der Waals surface area (Å²) in [5, 5.41) is 11.7. The molecule has 0 aliphatic rings. The van der Waals surface area contributed by atoms with Crippen molar-refractivity contribution in [3.05, 3.63) is 47.2 Å². The second-order valence-corrected chi connectivity index (χ2v) is 6.72.